The molecule has 0 unspecified atom stereocenters. The Bertz CT molecular complexity index is 425. The second-order valence-electron chi connectivity index (χ2n) is 4.98. The normalized spacial score (nSPS) is 20.9. The Balaban J connectivity index is 3.07. The van der Waals surface area contributed by atoms with Gasteiger partial charge in [-0.3, -0.25) is 10.0 Å². The Kier molecular flexibility index (Phi) is 4.43. The molecule has 0 radical (unpaired) electrons. The van der Waals surface area contributed by atoms with Crippen molar-refractivity contribution in [2.24, 2.45) is 0 Å². The Labute approximate surface area is 117 Å². The summed E-state index contributed by atoms with van der Waals surface area (Å²) in [6.45, 7) is 3.03. The van der Waals surface area contributed by atoms with Gasteiger partial charge in [-0.1, -0.05) is 0 Å². The largest absolute Gasteiger partial charge is 0.468 e. The number of rotatable bonds is 3. The van der Waals surface area contributed by atoms with Crippen LogP contribution in [0.1, 0.15) is 13.8 Å². The first kappa shape index (κ1) is 16.0. The van der Waals surface area contributed by atoms with Crippen molar-refractivity contribution in [3.05, 3.63) is 0 Å². The first-order valence-corrected chi connectivity index (χ1v) is 5.99. The van der Waals surface area contributed by atoms with Crippen molar-refractivity contribution in [1.29, 1.82) is 0 Å². The van der Waals surface area contributed by atoms with Crippen LogP contribution in [0.3, 0.4) is 0 Å². The second-order valence-corrected chi connectivity index (χ2v) is 4.98. The zero-order valence-electron chi connectivity index (χ0n) is 12.2. The van der Waals surface area contributed by atoms with E-state index in [2.05, 4.69) is 10.1 Å². The Morgan fingerprint density at radius 3 is 2.50 bits per heavy atom. The molecule has 0 saturated carbocycles. The molecule has 1 aliphatic heterocycles. The van der Waals surface area contributed by atoms with Gasteiger partial charge in [-0.05, 0) is 13.8 Å². The van der Waals surface area contributed by atoms with Crippen molar-refractivity contribution >= 4 is 18.0 Å². The van der Waals surface area contributed by atoms with E-state index in [-0.39, 0.29) is 6.54 Å². The lowest BCUT2D eigenvalue weighted by molar-refractivity contribution is -0.145. The molecule has 1 saturated heterocycles. The molecule has 9 heteroatoms. The van der Waals surface area contributed by atoms with Crippen molar-refractivity contribution in [2.45, 2.75) is 25.6 Å². The Morgan fingerprint density at radius 1 is 1.50 bits per heavy atom. The number of hydrogen-bond acceptors (Lipinski definition) is 5. The molecule has 0 bridgehead atoms. The number of methoxy groups -OCH3 is 1. The highest BCUT2D eigenvalue weighted by Crippen LogP contribution is 2.32. The highest BCUT2D eigenvalue weighted by atomic mass is 16.5. The van der Waals surface area contributed by atoms with E-state index in [0.717, 1.165) is 0 Å². The molecule has 1 aliphatic rings. The molecule has 9 nitrogen and oxygen atoms in total. The number of carbonyl (C=O) groups is 3. The molecule has 0 aromatic carbocycles. The van der Waals surface area contributed by atoms with Gasteiger partial charge >= 0.3 is 18.0 Å². The maximum absolute atomic E-state index is 12.2. The van der Waals surface area contributed by atoms with Gasteiger partial charge in [0.05, 0.1) is 12.6 Å². The van der Waals surface area contributed by atoms with E-state index in [1.54, 1.807) is 13.8 Å². The van der Waals surface area contributed by atoms with E-state index in [4.69, 9.17) is 0 Å². The van der Waals surface area contributed by atoms with E-state index < -0.39 is 29.7 Å². The maximum atomic E-state index is 12.2. The molecule has 0 aliphatic carbocycles. The van der Waals surface area contributed by atoms with E-state index in [1.165, 1.54) is 31.0 Å². The Morgan fingerprint density at radius 2 is 2.05 bits per heavy atom. The summed E-state index contributed by atoms with van der Waals surface area (Å²) in [4.78, 5) is 37.5. The molecule has 0 aromatic rings. The number of nitrogens with zero attached hydrogens (tertiary/aromatic N) is 3. The number of hydrogen-bond donors (Lipinski definition) is 2. The van der Waals surface area contributed by atoms with E-state index >= 15 is 0 Å². The van der Waals surface area contributed by atoms with Gasteiger partial charge in [-0.15, -0.1) is 0 Å². The summed E-state index contributed by atoms with van der Waals surface area (Å²) < 4.78 is 4.55. The summed E-state index contributed by atoms with van der Waals surface area (Å²) in [5, 5.41) is 12.6. The summed E-state index contributed by atoms with van der Waals surface area (Å²) >= 11 is 0. The average Bonchev–Trinajstić information content (AvgIpc) is 2.56. The van der Waals surface area contributed by atoms with Crippen molar-refractivity contribution in [3.63, 3.8) is 0 Å². The summed E-state index contributed by atoms with van der Waals surface area (Å²) in [6.07, 6.45) is -0.931. The molecule has 4 amide bonds. The number of nitrogens with one attached hydrogen (secondary N) is 1. The fraction of sp³-hybridized carbons (Fsp3) is 0.727. The fourth-order valence-corrected chi connectivity index (χ4v) is 2.31. The lowest BCUT2D eigenvalue weighted by atomic mass is 10.0. The second kappa shape index (κ2) is 5.53. The van der Waals surface area contributed by atoms with Crippen LogP contribution in [0.2, 0.25) is 0 Å². The monoisotopic (exact) mass is 288 g/mol. The third-order valence-electron chi connectivity index (χ3n) is 3.40. The highest BCUT2D eigenvalue weighted by molar-refractivity contribution is 5.84. The number of urea groups is 2. The molecule has 1 heterocycles. The molecular formula is C11H20N4O5. The van der Waals surface area contributed by atoms with Crippen LogP contribution in [0.4, 0.5) is 9.59 Å². The van der Waals surface area contributed by atoms with Crippen LogP contribution in [-0.4, -0.2) is 77.6 Å². The van der Waals surface area contributed by atoms with Crippen LogP contribution in [0.5, 0.6) is 0 Å². The average molecular weight is 288 g/mol. The third kappa shape index (κ3) is 2.48. The summed E-state index contributed by atoms with van der Waals surface area (Å²) in [6, 6.07) is -1.23. The first-order chi connectivity index (χ1) is 9.18. The lowest BCUT2D eigenvalue weighted by Crippen LogP contribution is -2.58. The molecule has 114 valence electrons. The minimum atomic E-state index is -0.971. The van der Waals surface area contributed by atoms with Gasteiger partial charge in [-0.2, -0.15) is 5.06 Å². The van der Waals surface area contributed by atoms with Gasteiger partial charge in [-0.25, -0.2) is 9.59 Å². The molecular weight excluding hydrogens is 268 g/mol. The summed E-state index contributed by atoms with van der Waals surface area (Å²) in [5.41, 5.74) is -0.971. The summed E-state index contributed by atoms with van der Waals surface area (Å²) in [5.74, 6) is -0.579. The van der Waals surface area contributed by atoms with Crippen molar-refractivity contribution in [2.75, 3.05) is 27.7 Å². The number of amides is 4. The SMILES string of the molecule is CNC(=O)N(O)[C@H]1N(C)C(=O)N(CC(=O)OC)C1(C)C. The molecule has 1 rings (SSSR count). The molecule has 2 N–H and O–H groups in total. The lowest BCUT2D eigenvalue weighted by Gasteiger charge is -2.37. The van der Waals surface area contributed by atoms with Crippen LogP contribution >= 0.6 is 0 Å². The molecule has 20 heavy (non-hydrogen) atoms. The number of likely N-dealkylation sites (N-methyl/N-ethyl adjacent to an activating group) is 1. The van der Waals surface area contributed by atoms with Crippen LogP contribution in [0, 0.1) is 0 Å². The van der Waals surface area contributed by atoms with Gasteiger partial charge in [0, 0.05) is 14.1 Å². The van der Waals surface area contributed by atoms with Crippen LogP contribution in [0.25, 0.3) is 0 Å². The zero-order valence-corrected chi connectivity index (χ0v) is 12.2. The zero-order chi connectivity index (χ0) is 15.7. The number of carbonyl (C=O) groups excluding carboxylic acids is 3. The molecule has 0 spiro atoms. The topological polar surface area (TPSA) is 102 Å². The van der Waals surface area contributed by atoms with E-state index in [1.807, 2.05) is 0 Å². The third-order valence-corrected chi connectivity index (χ3v) is 3.40. The van der Waals surface area contributed by atoms with Crippen LogP contribution in [0.15, 0.2) is 0 Å². The van der Waals surface area contributed by atoms with Crippen molar-refractivity contribution in [1.82, 2.24) is 20.2 Å². The minimum absolute atomic E-state index is 0.259. The maximum Gasteiger partial charge on any atom is 0.342 e. The molecule has 1 fully saturated rings. The van der Waals surface area contributed by atoms with E-state index in [9.17, 15) is 19.6 Å². The van der Waals surface area contributed by atoms with Gasteiger partial charge in [0.15, 0.2) is 6.17 Å². The van der Waals surface area contributed by atoms with Gasteiger partial charge in [0.2, 0.25) is 0 Å². The van der Waals surface area contributed by atoms with Crippen LogP contribution in [-0.2, 0) is 9.53 Å². The Hall–Kier alpha value is -2.03. The quantitative estimate of drug-likeness (QED) is 0.420. The number of ether oxygens (including phenoxy) is 1. The highest BCUT2D eigenvalue weighted by Gasteiger charge is 2.54. The van der Waals surface area contributed by atoms with Crippen molar-refractivity contribution < 1.29 is 24.3 Å². The number of hydroxylamine groups is 2. The van der Waals surface area contributed by atoms with Gasteiger partial charge in [0.1, 0.15) is 6.54 Å². The standard InChI is InChI=1S/C11H20N4O5/c1-11(2)8(15(19)9(17)12-3)13(4)10(18)14(11)6-7(16)20-5/h8,19H,6H2,1-5H3,(H,12,17)/t8-/m1/s1. The number of esters is 1. The predicted molar refractivity (Wildman–Crippen MR) is 67.8 cm³/mol. The molecule has 1 atom stereocenters. The first-order valence-electron chi connectivity index (χ1n) is 5.99. The summed E-state index contributed by atoms with van der Waals surface area (Å²) in [7, 11) is 4.03. The smallest absolute Gasteiger partial charge is 0.342 e. The fourth-order valence-electron chi connectivity index (χ4n) is 2.31. The predicted octanol–water partition coefficient (Wildman–Crippen LogP) is -0.338. The van der Waals surface area contributed by atoms with Gasteiger partial charge < -0.3 is 19.9 Å². The van der Waals surface area contributed by atoms with E-state index in [0.29, 0.717) is 5.06 Å². The van der Waals surface area contributed by atoms with Gasteiger partial charge in [0.25, 0.3) is 0 Å². The van der Waals surface area contributed by atoms with Crippen LogP contribution < -0.4 is 5.32 Å². The van der Waals surface area contributed by atoms with Crippen molar-refractivity contribution in [3.8, 4) is 0 Å². The molecule has 0 aromatic heterocycles. The minimum Gasteiger partial charge on any atom is -0.468 e.